The number of rotatable bonds is 10. The Morgan fingerprint density at radius 2 is 0.953 bits per heavy atom. The van der Waals surface area contributed by atoms with Crippen molar-refractivity contribution in [3.63, 3.8) is 0 Å². The van der Waals surface area contributed by atoms with E-state index in [1.165, 1.54) is 12.1 Å². The van der Waals surface area contributed by atoms with E-state index < -0.39 is 5.97 Å². The molecular formula is C51H51N5O8. The summed E-state index contributed by atoms with van der Waals surface area (Å²) in [6.07, 6.45) is 0.731. The molecule has 3 heterocycles. The monoisotopic (exact) mass is 861 g/mol. The minimum atomic E-state index is -0.939. The van der Waals surface area contributed by atoms with Gasteiger partial charge in [0.2, 0.25) is 0 Å². The predicted octanol–water partition coefficient (Wildman–Crippen LogP) is 9.09. The highest BCUT2D eigenvalue weighted by molar-refractivity contribution is 5.96. The Morgan fingerprint density at radius 3 is 1.34 bits per heavy atom. The van der Waals surface area contributed by atoms with Crippen LogP contribution in [0.1, 0.15) is 77.6 Å². The lowest BCUT2D eigenvalue weighted by atomic mass is 10.0. The second-order valence-corrected chi connectivity index (χ2v) is 14.6. The highest BCUT2D eigenvalue weighted by Gasteiger charge is 2.11. The van der Waals surface area contributed by atoms with Crippen LogP contribution >= 0.6 is 0 Å². The Bertz CT molecular complexity index is 2880. The summed E-state index contributed by atoms with van der Waals surface area (Å²) >= 11 is 0. The van der Waals surface area contributed by atoms with Gasteiger partial charge in [0.15, 0.2) is 5.78 Å². The van der Waals surface area contributed by atoms with Crippen LogP contribution in [0.3, 0.4) is 0 Å². The maximum atomic E-state index is 12.4. The number of carboxylic acids is 1. The van der Waals surface area contributed by atoms with E-state index in [2.05, 4.69) is 15.0 Å². The highest BCUT2D eigenvalue weighted by atomic mass is 16.5. The van der Waals surface area contributed by atoms with Crippen LogP contribution in [0, 0.1) is 52.9 Å². The molecule has 0 aliphatic rings. The number of hydrogen-bond acceptors (Lipinski definition) is 9. The van der Waals surface area contributed by atoms with Crippen molar-refractivity contribution in [1.29, 1.82) is 5.26 Å². The number of carboxylic acid groups (broad SMARTS) is 1. The summed E-state index contributed by atoms with van der Waals surface area (Å²) < 4.78 is 11.2. The molecule has 0 aliphatic heterocycles. The second-order valence-electron chi connectivity index (χ2n) is 14.6. The maximum absolute atomic E-state index is 12.4. The number of nitriles is 1. The van der Waals surface area contributed by atoms with Crippen molar-refractivity contribution in [1.82, 2.24) is 15.0 Å². The van der Waals surface area contributed by atoms with Crippen LogP contribution < -0.4 is 31.9 Å². The molecule has 0 saturated heterocycles. The van der Waals surface area contributed by atoms with Gasteiger partial charge in [0.05, 0.1) is 5.56 Å². The number of H-pyrrole nitrogens is 3. The van der Waals surface area contributed by atoms with Gasteiger partial charge < -0.3 is 35.3 Å². The molecule has 0 spiro atoms. The Balaban J connectivity index is 0.000000202. The summed E-state index contributed by atoms with van der Waals surface area (Å²) in [5.74, 6) is 1.85. The molecule has 13 nitrogen and oxygen atoms in total. The fraction of sp³-hybridized carbons (Fsp3) is 0.176. The van der Waals surface area contributed by atoms with Gasteiger partial charge in [-0.1, -0.05) is 36.4 Å². The number of pyridine rings is 3. The number of aromatic amines is 3. The van der Waals surface area contributed by atoms with Crippen molar-refractivity contribution < 1.29 is 24.2 Å². The molecule has 0 unspecified atom stereocenters. The Labute approximate surface area is 370 Å². The summed E-state index contributed by atoms with van der Waals surface area (Å²) in [5.41, 5.74) is 12.4. The lowest BCUT2D eigenvalue weighted by Gasteiger charge is -2.07. The number of benzene rings is 4. The molecule has 0 bridgehead atoms. The van der Waals surface area contributed by atoms with Gasteiger partial charge in [-0.05, 0) is 156 Å². The van der Waals surface area contributed by atoms with Gasteiger partial charge >= 0.3 is 5.97 Å². The van der Waals surface area contributed by atoms with Crippen LogP contribution in [0.15, 0.2) is 142 Å². The number of para-hydroxylation sites is 2. The lowest BCUT2D eigenvalue weighted by molar-refractivity contribution is 0.0696. The van der Waals surface area contributed by atoms with Crippen LogP contribution in [-0.2, 0) is 13.0 Å². The molecule has 0 radical (unpaired) electrons. The Hall–Kier alpha value is -8.08. The van der Waals surface area contributed by atoms with Crippen LogP contribution in [0.2, 0.25) is 0 Å². The van der Waals surface area contributed by atoms with Crippen molar-refractivity contribution in [2.24, 2.45) is 5.73 Å². The fourth-order valence-electron chi connectivity index (χ4n) is 6.33. The smallest absolute Gasteiger partial charge is 0.335 e. The highest BCUT2D eigenvalue weighted by Crippen LogP contribution is 2.23. The van der Waals surface area contributed by atoms with E-state index in [4.69, 9.17) is 25.6 Å². The molecule has 0 fully saturated rings. The van der Waals surface area contributed by atoms with E-state index in [0.717, 1.165) is 45.3 Å². The van der Waals surface area contributed by atoms with Crippen LogP contribution in [0.5, 0.6) is 23.0 Å². The number of carbonyl (C=O) groups is 2. The summed E-state index contributed by atoms with van der Waals surface area (Å²) in [6.45, 7) is 11.3. The molecule has 0 amide bonds. The van der Waals surface area contributed by atoms with Gasteiger partial charge in [0, 0.05) is 46.7 Å². The quantitative estimate of drug-likeness (QED) is 0.0821. The summed E-state index contributed by atoms with van der Waals surface area (Å²) in [6, 6.07) is 39.7. The first-order valence-electron chi connectivity index (χ1n) is 20.2. The summed E-state index contributed by atoms with van der Waals surface area (Å²) in [4.78, 5) is 65.3. The number of aryl methyl sites for hydroxylation is 6. The summed E-state index contributed by atoms with van der Waals surface area (Å²) in [5, 5.41) is 17.2. The van der Waals surface area contributed by atoms with Crippen molar-refractivity contribution in [2.75, 3.05) is 0 Å². The molecule has 6 N–H and O–H groups in total. The van der Waals surface area contributed by atoms with E-state index in [-0.39, 0.29) is 33.6 Å². The van der Waals surface area contributed by atoms with Crippen LogP contribution in [0.4, 0.5) is 0 Å². The van der Waals surface area contributed by atoms with Gasteiger partial charge in [0.1, 0.15) is 34.6 Å². The Kier molecular flexibility index (Phi) is 18.1. The van der Waals surface area contributed by atoms with Crippen molar-refractivity contribution in [3.8, 4) is 29.1 Å². The molecule has 0 saturated carbocycles. The third-order valence-corrected chi connectivity index (χ3v) is 9.51. The largest absolute Gasteiger partial charge is 0.478 e. The number of aromatic carboxylic acids is 1. The zero-order valence-electron chi connectivity index (χ0n) is 36.6. The van der Waals surface area contributed by atoms with Gasteiger partial charge in [-0.15, -0.1) is 0 Å². The normalized spacial score (nSPS) is 10.0. The number of ether oxygens (including phenoxy) is 2. The average Bonchev–Trinajstić information content (AvgIpc) is 3.25. The van der Waals surface area contributed by atoms with E-state index in [9.17, 15) is 24.0 Å². The van der Waals surface area contributed by atoms with Gasteiger partial charge in [-0.2, -0.15) is 5.26 Å². The average molecular weight is 862 g/mol. The first kappa shape index (κ1) is 48.6. The zero-order chi connectivity index (χ0) is 46.8. The zero-order valence-corrected chi connectivity index (χ0v) is 36.6. The molecule has 328 valence electrons. The second kappa shape index (κ2) is 23.8. The number of nitrogens with two attached hydrogens (primary N) is 1. The van der Waals surface area contributed by atoms with E-state index in [1.807, 2.05) is 107 Å². The molecule has 4 aromatic carbocycles. The third kappa shape index (κ3) is 14.8. The molecule has 13 heteroatoms. The van der Waals surface area contributed by atoms with Crippen LogP contribution in [0.25, 0.3) is 0 Å². The molecular weight excluding hydrogens is 811 g/mol. The number of ketones is 1. The van der Waals surface area contributed by atoms with Gasteiger partial charge in [-0.25, -0.2) is 4.79 Å². The lowest BCUT2D eigenvalue weighted by Crippen LogP contribution is -2.18. The SMILES string of the molecule is Cc1cc(C)c(C#N)c(=O)[nH]1.Cc1cc(C)c(CCC(=O)c2ccc(Oc3ccccc3)cc2)c(=O)[nH]1.Cc1cc(C)c(CN)c(=O)[nH]1.O=C(O)c1ccc(Oc2ccccc2)cc1. The number of hydrogen-bond donors (Lipinski definition) is 5. The van der Waals surface area contributed by atoms with E-state index in [1.54, 1.807) is 56.3 Å². The first-order chi connectivity index (χ1) is 30.6. The molecule has 3 aromatic heterocycles. The first-order valence-corrected chi connectivity index (χ1v) is 20.2. The minimum absolute atomic E-state index is 0.00985. The van der Waals surface area contributed by atoms with E-state index >= 15 is 0 Å². The number of nitrogens with one attached hydrogen (secondary N) is 3. The third-order valence-electron chi connectivity index (χ3n) is 9.51. The van der Waals surface area contributed by atoms with Gasteiger partial charge in [0.25, 0.3) is 16.7 Å². The number of nitrogens with zero attached hydrogens (tertiary/aromatic N) is 1. The molecule has 0 atom stereocenters. The number of carbonyl (C=O) groups excluding carboxylic acids is 1. The molecule has 7 rings (SSSR count). The van der Waals surface area contributed by atoms with Crippen molar-refractivity contribution >= 4 is 11.8 Å². The van der Waals surface area contributed by atoms with Crippen LogP contribution in [-0.4, -0.2) is 31.8 Å². The fourth-order valence-corrected chi connectivity index (χ4v) is 6.33. The standard InChI is InChI=1S/C22H21NO3.C13H10O3.C8H12N2O.C8H8N2O/c1-15-14-16(2)23-22(25)20(15)12-13-21(24)17-8-10-19(11-9-17)26-18-6-4-3-5-7-18;14-13(15)10-6-8-12(9-7-10)16-11-4-2-1-3-5-11;2*1-5-3-6(2)10-8(11)7(5)4-9/h3-11,14H,12-13H2,1-2H3,(H,23,25);1-9H,(H,14,15);3H,4,9H2,1-2H3,(H,10,11);3H,1-2H3,(H,10,11). The number of aromatic nitrogens is 3. The number of Topliss-reactive ketones (excluding diaryl/α,β-unsaturated/α-hetero) is 1. The van der Waals surface area contributed by atoms with Crippen molar-refractivity contribution in [2.45, 2.75) is 60.9 Å². The van der Waals surface area contributed by atoms with Gasteiger partial charge in [-0.3, -0.25) is 19.2 Å². The predicted molar refractivity (Wildman–Crippen MR) is 248 cm³/mol. The van der Waals surface area contributed by atoms with Crippen molar-refractivity contribution in [3.05, 3.63) is 220 Å². The summed E-state index contributed by atoms with van der Waals surface area (Å²) in [7, 11) is 0. The topological polar surface area (TPSA) is 221 Å². The molecule has 7 aromatic rings. The maximum Gasteiger partial charge on any atom is 0.335 e. The molecule has 0 aliphatic carbocycles. The van der Waals surface area contributed by atoms with E-state index in [0.29, 0.717) is 47.6 Å². The minimum Gasteiger partial charge on any atom is -0.478 e. The Morgan fingerprint density at radius 1 is 0.562 bits per heavy atom. The molecule has 64 heavy (non-hydrogen) atoms.